The summed E-state index contributed by atoms with van der Waals surface area (Å²) in [5, 5.41) is 3.25. The predicted molar refractivity (Wildman–Crippen MR) is 71.7 cm³/mol. The lowest BCUT2D eigenvalue weighted by Gasteiger charge is -2.14. The molecule has 4 nitrogen and oxygen atoms in total. The number of nitrogens with one attached hydrogen (secondary N) is 1. The van der Waals surface area contributed by atoms with E-state index in [1.54, 1.807) is 12.3 Å². The van der Waals surface area contributed by atoms with Gasteiger partial charge in [-0.25, -0.2) is 4.98 Å². The molecule has 0 fully saturated rings. The summed E-state index contributed by atoms with van der Waals surface area (Å²) in [6.45, 7) is 4.61. The van der Waals surface area contributed by atoms with Gasteiger partial charge in [-0.05, 0) is 19.4 Å². The van der Waals surface area contributed by atoms with Crippen LogP contribution in [0.4, 0.5) is 5.95 Å². The monoisotopic (exact) mass is 243 g/mol. The highest BCUT2D eigenvalue weighted by molar-refractivity contribution is 5.32. The first kappa shape index (κ1) is 12.4. The van der Waals surface area contributed by atoms with Crippen molar-refractivity contribution in [1.29, 1.82) is 0 Å². The molecule has 0 spiro atoms. The Morgan fingerprint density at radius 3 is 2.72 bits per heavy atom. The predicted octanol–water partition coefficient (Wildman–Crippen LogP) is 3.05. The van der Waals surface area contributed by atoms with Crippen LogP contribution in [0.5, 0.6) is 5.88 Å². The van der Waals surface area contributed by atoms with Gasteiger partial charge < -0.3 is 10.1 Å². The third kappa shape index (κ3) is 3.20. The molecular weight excluding hydrogens is 226 g/mol. The number of anilines is 1. The summed E-state index contributed by atoms with van der Waals surface area (Å²) in [6, 6.07) is 12.1. The average Bonchev–Trinajstić information content (AvgIpc) is 2.40. The molecule has 0 aliphatic heterocycles. The second kappa shape index (κ2) is 6.00. The first-order valence-electron chi connectivity index (χ1n) is 6.07. The van der Waals surface area contributed by atoms with Gasteiger partial charge in [0.05, 0.1) is 12.6 Å². The van der Waals surface area contributed by atoms with Crippen LogP contribution in [-0.4, -0.2) is 16.6 Å². The first-order valence-corrected chi connectivity index (χ1v) is 6.07. The van der Waals surface area contributed by atoms with Crippen molar-refractivity contribution in [3.8, 4) is 5.88 Å². The summed E-state index contributed by atoms with van der Waals surface area (Å²) >= 11 is 0. The molecule has 1 aromatic heterocycles. The van der Waals surface area contributed by atoms with Crippen molar-refractivity contribution >= 4 is 5.95 Å². The fourth-order valence-electron chi connectivity index (χ4n) is 1.66. The van der Waals surface area contributed by atoms with E-state index in [4.69, 9.17) is 4.74 Å². The molecule has 1 unspecified atom stereocenters. The number of hydrogen-bond donors (Lipinski definition) is 1. The minimum absolute atomic E-state index is 0.156. The van der Waals surface area contributed by atoms with Crippen molar-refractivity contribution in [3.63, 3.8) is 0 Å². The maximum absolute atomic E-state index is 5.34. The van der Waals surface area contributed by atoms with Crippen LogP contribution in [0.2, 0.25) is 0 Å². The molecule has 18 heavy (non-hydrogen) atoms. The van der Waals surface area contributed by atoms with E-state index in [2.05, 4.69) is 34.3 Å². The van der Waals surface area contributed by atoms with Gasteiger partial charge in [0.2, 0.25) is 11.8 Å². The maximum Gasteiger partial charge on any atom is 0.226 e. The minimum atomic E-state index is 0.156. The van der Waals surface area contributed by atoms with Crippen LogP contribution in [0.1, 0.15) is 25.5 Å². The largest absolute Gasteiger partial charge is 0.478 e. The third-order valence-corrected chi connectivity index (χ3v) is 2.57. The van der Waals surface area contributed by atoms with E-state index in [0.29, 0.717) is 18.4 Å². The van der Waals surface area contributed by atoms with Crippen molar-refractivity contribution in [2.45, 2.75) is 19.9 Å². The highest BCUT2D eigenvalue weighted by Crippen LogP contribution is 2.17. The van der Waals surface area contributed by atoms with E-state index < -0.39 is 0 Å². The molecule has 0 saturated heterocycles. The van der Waals surface area contributed by atoms with Crippen molar-refractivity contribution in [2.75, 3.05) is 11.9 Å². The molecule has 0 aliphatic carbocycles. The van der Waals surface area contributed by atoms with Crippen LogP contribution in [0.15, 0.2) is 42.6 Å². The van der Waals surface area contributed by atoms with Crippen LogP contribution in [0.25, 0.3) is 0 Å². The fraction of sp³-hybridized carbons (Fsp3) is 0.286. The lowest BCUT2D eigenvalue weighted by Crippen LogP contribution is -2.09. The highest BCUT2D eigenvalue weighted by Gasteiger charge is 2.06. The van der Waals surface area contributed by atoms with Crippen molar-refractivity contribution in [1.82, 2.24) is 9.97 Å². The van der Waals surface area contributed by atoms with E-state index in [9.17, 15) is 0 Å². The van der Waals surface area contributed by atoms with Gasteiger partial charge in [-0.1, -0.05) is 30.3 Å². The molecule has 2 aromatic rings. The summed E-state index contributed by atoms with van der Waals surface area (Å²) in [7, 11) is 0. The molecule has 2 rings (SSSR count). The van der Waals surface area contributed by atoms with Crippen LogP contribution in [-0.2, 0) is 0 Å². The maximum atomic E-state index is 5.34. The van der Waals surface area contributed by atoms with Crippen LogP contribution in [0.3, 0.4) is 0 Å². The van der Waals surface area contributed by atoms with E-state index in [0.717, 1.165) is 0 Å². The SMILES string of the molecule is CCOc1ccnc(NC(C)c2ccccc2)n1. The zero-order valence-corrected chi connectivity index (χ0v) is 10.6. The molecule has 94 valence electrons. The zero-order valence-electron chi connectivity index (χ0n) is 10.6. The summed E-state index contributed by atoms with van der Waals surface area (Å²) in [4.78, 5) is 8.47. The Labute approximate surface area is 107 Å². The van der Waals surface area contributed by atoms with Gasteiger partial charge in [-0.15, -0.1) is 0 Å². The smallest absolute Gasteiger partial charge is 0.226 e. The van der Waals surface area contributed by atoms with E-state index in [1.165, 1.54) is 5.56 Å². The van der Waals surface area contributed by atoms with Gasteiger partial charge in [-0.2, -0.15) is 4.98 Å². The number of hydrogen-bond acceptors (Lipinski definition) is 4. The zero-order chi connectivity index (χ0) is 12.8. The number of aromatic nitrogens is 2. The molecule has 1 atom stereocenters. The van der Waals surface area contributed by atoms with E-state index >= 15 is 0 Å². The highest BCUT2D eigenvalue weighted by atomic mass is 16.5. The average molecular weight is 243 g/mol. The molecule has 0 radical (unpaired) electrons. The molecular formula is C14H17N3O. The third-order valence-electron chi connectivity index (χ3n) is 2.57. The lowest BCUT2D eigenvalue weighted by molar-refractivity contribution is 0.326. The van der Waals surface area contributed by atoms with Crippen LogP contribution in [0, 0.1) is 0 Å². The minimum Gasteiger partial charge on any atom is -0.478 e. The van der Waals surface area contributed by atoms with Gasteiger partial charge >= 0.3 is 0 Å². The molecule has 0 bridgehead atoms. The van der Waals surface area contributed by atoms with E-state index in [-0.39, 0.29) is 6.04 Å². The Morgan fingerprint density at radius 1 is 1.22 bits per heavy atom. The normalized spacial score (nSPS) is 11.9. The quantitative estimate of drug-likeness (QED) is 0.876. The number of benzene rings is 1. The van der Waals surface area contributed by atoms with Gasteiger partial charge in [0.25, 0.3) is 0 Å². The molecule has 1 aromatic carbocycles. The molecule has 0 saturated carbocycles. The van der Waals surface area contributed by atoms with Crippen molar-refractivity contribution in [2.24, 2.45) is 0 Å². The first-order chi connectivity index (χ1) is 8.79. The van der Waals surface area contributed by atoms with Crippen LogP contribution >= 0.6 is 0 Å². The second-order valence-electron chi connectivity index (χ2n) is 3.93. The molecule has 0 aliphatic rings. The molecule has 0 amide bonds. The number of nitrogens with zero attached hydrogens (tertiary/aromatic N) is 2. The summed E-state index contributed by atoms with van der Waals surface area (Å²) in [5.74, 6) is 1.17. The van der Waals surface area contributed by atoms with Crippen LogP contribution < -0.4 is 10.1 Å². The van der Waals surface area contributed by atoms with E-state index in [1.807, 2.05) is 25.1 Å². The Bertz CT molecular complexity index is 487. The van der Waals surface area contributed by atoms with Crippen molar-refractivity contribution in [3.05, 3.63) is 48.2 Å². The van der Waals surface area contributed by atoms with Crippen molar-refractivity contribution < 1.29 is 4.74 Å². The lowest BCUT2D eigenvalue weighted by atomic mass is 10.1. The topological polar surface area (TPSA) is 47.0 Å². The second-order valence-corrected chi connectivity index (χ2v) is 3.93. The Morgan fingerprint density at radius 2 is 2.00 bits per heavy atom. The summed E-state index contributed by atoms with van der Waals surface area (Å²) < 4.78 is 5.34. The Balaban J connectivity index is 2.07. The summed E-state index contributed by atoms with van der Waals surface area (Å²) in [5.41, 5.74) is 1.20. The standard InChI is InChI=1S/C14H17N3O/c1-3-18-13-9-10-15-14(17-13)16-11(2)12-7-5-4-6-8-12/h4-11H,3H2,1-2H3,(H,15,16,17). The number of rotatable bonds is 5. The number of ether oxygens (including phenoxy) is 1. The van der Waals surface area contributed by atoms with Gasteiger partial charge in [0.15, 0.2) is 0 Å². The fourth-order valence-corrected chi connectivity index (χ4v) is 1.66. The molecule has 1 heterocycles. The van der Waals surface area contributed by atoms with Gasteiger partial charge in [-0.3, -0.25) is 0 Å². The Kier molecular flexibility index (Phi) is 4.12. The molecule has 1 N–H and O–H groups in total. The van der Waals surface area contributed by atoms with Gasteiger partial charge in [0, 0.05) is 12.3 Å². The Hall–Kier alpha value is -2.10. The molecule has 4 heteroatoms. The van der Waals surface area contributed by atoms with Gasteiger partial charge in [0.1, 0.15) is 0 Å². The summed E-state index contributed by atoms with van der Waals surface area (Å²) in [6.07, 6.45) is 1.69.